The van der Waals surface area contributed by atoms with E-state index < -0.39 is 58.1 Å². The van der Waals surface area contributed by atoms with Gasteiger partial charge in [-0.05, 0) is 0 Å². The molecule has 0 radical (unpaired) electrons. The second-order valence-corrected chi connectivity index (χ2v) is 6.87. The van der Waals surface area contributed by atoms with E-state index in [0.29, 0.717) is 0 Å². The van der Waals surface area contributed by atoms with Crippen molar-refractivity contribution in [1.29, 1.82) is 0 Å². The molecule has 0 heterocycles. The fourth-order valence-electron chi connectivity index (χ4n) is 1.82. The molecule has 0 aliphatic heterocycles. The molecule has 0 spiro atoms. The molecule has 7 heteroatoms. The molecule has 122 valence electrons. The number of nitrogens with zero attached hydrogens (tertiary/aromatic N) is 1. The summed E-state index contributed by atoms with van der Waals surface area (Å²) >= 11 is -1.47. The summed E-state index contributed by atoms with van der Waals surface area (Å²) in [6.45, 7) is 3.78. The topological polar surface area (TPSA) is 12.4 Å². The average Bonchev–Trinajstić information content (AvgIpc) is 2.55. The van der Waals surface area contributed by atoms with Crippen LogP contribution in [0.15, 0.2) is 33.8 Å². The molecule has 0 atom stereocenters. The molecule has 0 saturated heterocycles. The quantitative estimate of drug-likeness (QED) is 0.291. The van der Waals surface area contributed by atoms with E-state index in [9.17, 15) is 22.0 Å². The Bertz CT molecular complexity index is 767. The molecular weight excluding hydrogens is 397 g/mol. The molecule has 0 amide bonds. The van der Waals surface area contributed by atoms with Crippen molar-refractivity contribution in [2.75, 3.05) is 0 Å². The Morgan fingerprint density at radius 1 is 0.826 bits per heavy atom. The first-order chi connectivity index (χ1) is 10.8. The number of rotatable bonds is 3. The molecule has 0 bridgehead atoms. The van der Waals surface area contributed by atoms with Gasteiger partial charge in [-0.1, -0.05) is 0 Å². The van der Waals surface area contributed by atoms with Crippen molar-refractivity contribution in [3.8, 4) is 0 Å². The van der Waals surface area contributed by atoms with Gasteiger partial charge in [0.2, 0.25) is 0 Å². The van der Waals surface area contributed by atoms with E-state index in [1.165, 1.54) is 0 Å². The van der Waals surface area contributed by atoms with Crippen LogP contribution in [0.3, 0.4) is 0 Å². The van der Waals surface area contributed by atoms with Crippen LogP contribution >= 0.6 is 0 Å². The van der Waals surface area contributed by atoms with Crippen molar-refractivity contribution in [3.63, 3.8) is 0 Å². The van der Waals surface area contributed by atoms with Crippen LogP contribution in [0, 0.1) is 29.1 Å². The maximum atomic E-state index is 13.5. The maximum absolute atomic E-state index is 13.5. The number of hydrogen-bond acceptors (Lipinski definition) is 1. The van der Waals surface area contributed by atoms with Gasteiger partial charge in [0.25, 0.3) is 0 Å². The number of halogens is 5. The van der Waals surface area contributed by atoms with Crippen molar-refractivity contribution >= 4 is 10.1 Å². The fourth-order valence-corrected chi connectivity index (χ4v) is 3.58. The van der Waals surface area contributed by atoms with E-state index in [1.807, 2.05) is 44.2 Å². The van der Waals surface area contributed by atoms with Gasteiger partial charge in [-0.25, -0.2) is 0 Å². The van der Waals surface area contributed by atoms with Crippen molar-refractivity contribution in [2.45, 2.75) is 19.3 Å². The molecule has 0 aliphatic carbocycles. The minimum atomic E-state index is -2.17. The van der Waals surface area contributed by atoms with Crippen molar-refractivity contribution < 1.29 is 39.9 Å². The number of benzene rings is 2. The third-order valence-electron chi connectivity index (χ3n) is 3.20. The molecule has 0 unspecified atom stereocenters. The Hall–Kier alpha value is -1.55. The van der Waals surface area contributed by atoms with Gasteiger partial charge >= 0.3 is 138 Å². The molecule has 1 nitrogen and oxygen atoms in total. The molecule has 0 saturated carbocycles. The van der Waals surface area contributed by atoms with Crippen LogP contribution in [-0.2, 0) is 23.3 Å². The Morgan fingerprint density at radius 2 is 1.30 bits per heavy atom. The van der Waals surface area contributed by atoms with Crippen molar-refractivity contribution in [1.82, 2.24) is 0 Å². The van der Waals surface area contributed by atoms with E-state index >= 15 is 0 Å². The van der Waals surface area contributed by atoms with Crippen LogP contribution < -0.4 is 0 Å². The van der Waals surface area contributed by atoms with Gasteiger partial charge in [0.05, 0.1) is 0 Å². The van der Waals surface area contributed by atoms with Crippen LogP contribution in [0.2, 0.25) is 0 Å². The van der Waals surface area contributed by atoms with Gasteiger partial charge in [0.1, 0.15) is 0 Å². The van der Waals surface area contributed by atoms with Crippen LogP contribution in [0.1, 0.15) is 19.4 Å². The van der Waals surface area contributed by atoms with E-state index in [4.69, 9.17) is 0 Å². The van der Waals surface area contributed by atoms with Crippen molar-refractivity contribution in [3.05, 3.63) is 65.0 Å². The second kappa shape index (κ2) is 6.91. The standard InChI is InChI=1S/C10H12.C6F5N.Mo/c1-10(2,3)9-7-5-4-6-8-9;7-1-2(8)4(10)6(12)5(11)3(1)9;/h1,4-8H,2-3H3;;. The number of hydrogen-bond donors (Lipinski definition) is 0. The summed E-state index contributed by atoms with van der Waals surface area (Å²) in [7, 11) is 0. The molecule has 23 heavy (non-hydrogen) atoms. The summed E-state index contributed by atoms with van der Waals surface area (Å²) in [6, 6.07) is 9.35. The summed E-state index contributed by atoms with van der Waals surface area (Å²) in [5.74, 6) is -9.90. The Kier molecular flexibility index (Phi) is 5.35. The normalized spacial score (nSPS) is 11.3. The molecule has 0 aromatic heterocycles. The third-order valence-corrected chi connectivity index (χ3v) is 5.61. The van der Waals surface area contributed by atoms with Gasteiger partial charge in [-0.15, -0.1) is 0 Å². The molecular formula is C16H12F5MoN. The van der Waals surface area contributed by atoms with Gasteiger partial charge in [-0.3, -0.25) is 0 Å². The Labute approximate surface area is 138 Å². The first-order valence-electron chi connectivity index (χ1n) is 6.54. The summed E-state index contributed by atoms with van der Waals surface area (Å²) < 4.78 is 71.7. The first kappa shape index (κ1) is 17.8. The summed E-state index contributed by atoms with van der Waals surface area (Å²) in [4.78, 5) is 0. The zero-order valence-electron chi connectivity index (χ0n) is 12.2. The monoisotopic (exact) mass is 411 g/mol. The average molecular weight is 409 g/mol. The first-order valence-corrected chi connectivity index (χ1v) is 8.59. The molecule has 2 rings (SSSR count). The van der Waals surface area contributed by atoms with Crippen LogP contribution in [0.4, 0.5) is 27.6 Å². The van der Waals surface area contributed by atoms with Crippen molar-refractivity contribution in [2.24, 2.45) is 3.50 Å². The van der Waals surface area contributed by atoms with E-state index in [-0.39, 0.29) is 0 Å². The van der Waals surface area contributed by atoms with E-state index in [0.717, 1.165) is 5.56 Å². The van der Waals surface area contributed by atoms with E-state index in [2.05, 4.69) is 3.50 Å². The Balaban J connectivity index is 2.45. The van der Waals surface area contributed by atoms with Gasteiger partial charge in [-0.2, -0.15) is 0 Å². The summed E-state index contributed by atoms with van der Waals surface area (Å²) in [5, 5.41) is 0. The molecule has 0 N–H and O–H groups in total. The zero-order chi connectivity index (χ0) is 17.2. The zero-order valence-corrected chi connectivity index (χ0v) is 14.2. The summed E-state index contributed by atoms with van der Waals surface area (Å²) in [6.07, 6.45) is 0. The van der Waals surface area contributed by atoms with Crippen LogP contribution in [0.5, 0.6) is 0 Å². The second-order valence-electron chi connectivity index (χ2n) is 5.32. The Morgan fingerprint density at radius 3 is 1.83 bits per heavy atom. The van der Waals surface area contributed by atoms with Gasteiger partial charge in [0, 0.05) is 0 Å². The molecule has 0 aliphatic rings. The van der Waals surface area contributed by atoms with Crippen LogP contribution in [0.25, 0.3) is 0 Å². The molecule has 2 aromatic rings. The molecule has 2 aromatic carbocycles. The summed E-state index contributed by atoms with van der Waals surface area (Å²) in [5.41, 5.74) is -0.543. The predicted octanol–water partition coefficient (Wildman–Crippen LogP) is 5.06. The third kappa shape index (κ3) is 3.69. The minimum absolute atomic E-state index is 0.420. The van der Waals surface area contributed by atoms with E-state index in [1.54, 1.807) is 4.40 Å². The fraction of sp³-hybridized carbons (Fsp3) is 0.188. The van der Waals surface area contributed by atoms with Gasteiger partial charge < -0.3 is 0 Å². The van der Waals surface area contributed by atoms with Crippen LogP contribution in [-0.4, -0.2) is 4.40 Å². The predicted molar refractivity (Wildman–Crippen MR) is 73.9 cm³/mol. The SMILES string of the molecule is CC(C)([CH]=[Mo]=[N]c1c(F)c(F)c(F)c(F)c1F)c1ccccc1. The van der Waals surface area contributed by atoms with Gasteiger partial charge in [0.15, 0.2) is 0 Å². The molecule has 0 fully saturated rings.